The summed E-state index contributed by atoms with van der Waals surface area (Å²) in [4.78, 5) is 0. The lowest BCUT2D eigenvalue weighted by atomic mass is 9.88. The van der Waals surface area contributed by atoms with E-state index in [2.05, 4.69) is 0 Å². The third-order valence-electron chi connectivity index (χ3n) is 1.93. The van der Waals surface area contributed by atoms with Gasteiger partial charge in [0.2, 0.25) is 0 Å². The maximum atomic E-state index is 9.57. The fraction of sp³-hybridized carbons (Fsp3) is 1.00. The maximum Gasteiger partial charge on any atom is 0.0748 e. The number of rotatable bonds is 4. The van der Waals surface area contributed by atoms with E-state index in [0.717, 1.165) is 0 Å². The summed E-state index contributed by atoms with van der Waals surface area (Å²) in [5.74, 6) is 0.250. The van der Waals surface area contributed by atoms with Crippen molar-refractivity contribution in [2.45, 2.75) is 46.3 Å². The second kappa shape index (κ2) is 4.63. The third kappa shape index (κ3) is 5.50. The fourth-order valence-corrected chi connectivity index (χ4v) is 1.13. The van der Waals surface area contributed by atoms with Crippen LogP contribution in [0.5, 0.6) is 0 Å². The van der Waals surface area contributed by atoms with Crippen molar-refractivity contribution in [1.82, 2.24) is 0 Å². The highest BCUT2D eigenvalue weighted by atomic mass is 35.5. The molecule has 0 spiro atoms. The molecule has 0 rings (SSSR count). The first-order chi connectivity index (χ1) is 5.69. The highest BCUT2D eigenvalue weighted by Crippen LogP contribution is 2.24. The van der Waals surface area contributed by atoms with Crippen LogP contribution in [0.4, 0.5) is 0 Å². The Morgan fingerprint density at radius 3 is 2.00 bits per heavy atom. The van der Waals surface area contributed by atoms with Crippen LogP contribution in [0.3, 0.4) is 0 Å². The first kappa shape index (κ1) is 13.2. The average Bonchev–Trinajstić information content (AvgIpc) is 1.98. The Morgan fingerprint density at radius 1 is 1.23 bits per heavy atom. The number of aliphatic hydroxyl groups is 1. The van der Waals surface area contributed by atoms with Crippen molar-refractivity contribution in [2.75, 3.05) is 12.5 Å². The number of halogens is 1. The molecule has 0 radical (unpaired) electrons. The quantitative estimate of drug-likeness (QED) is 0.720. The number of alkyl halides is 1. The molecule has 13 heavy (non-hydrogen) atoms. The van der Waals surface area contributed by atoms with Gasteiger partial charge in [0.1, 0.15) is 0 Å². The van der Waals surface area contributed by atoms with E-state index in [1.54, 1.807) is 0 Å². The topological polar surface area (TPSA) is 29.5 Å². The molecule has 0 fully saturated rings. The summed E-state index contributed by atoms with van der Waals surface area (Å²) < 4.78 is 5.60. The van der Waals surface area contributed by atoms with Crippen molar-refractivity contribution in [3.8, 4) is 0 Å². The summed E-state index contributed by atoms with van der Waals surface area (Å²) in [6.07, 6.45) is -0.517. The predicted molar refractivity (Wildman–Crippen MR) is 56.2 cm³/mol. The Hall–Kier alpha value is 0.210. The first-order valence-electron chi connectivity index (χ1n) is 4.57. The lowest BCUT2D eigenvalue weighted by Crippen LogP contribution is -2.38. The van der Waals surface area contributed by atoms with Crippen molar-refractivity contribution >= 4 is 11.6 Å². The van der Waals surface area contributed by atoms with Gasteiger partial charge in [0.05, 0.1) is 18.3 Å². The van der Waals surface area contributed by atoms with E-state index in [0.29, 0.717) is 6.61 Å². The molecule has 0 aromatic heterocycles. The van der Waals surface area contributed by atoms with Crippen molar-refractivity contribution < 1.29 is 9.84 Å². The number of aliphatic hydroxyl groups excluding tert-OH is 1. The zero-order valence-electron chi connectivity index (χ0n) is 9.22. The molecular weight excluding hydrogens is 188 g/mol. The largest absolute Gasteiger partial charge is 0.391 e. The van der Waals surface area contributed by atoms with Gasteiger partial charge in [0, 0.05) is 11.3 Å². The van der Waals surface area contributed by atoms with E-state index in [1.807, 2.05) is 34.6 Å². The van der Waals surface area contributed by atoms with Gasteiger partial charge in [-0.1, -0.05) is 13.8 Å². The second-order valence-corrected chi connectivity index (χ2v) is 5.37. The van der Waals surface area contributed by atoms with Crippen LogP contribution < -0.4 is 0 Å². The molecule has 0 amide bonds. The molecule has 2 nitrogen and oxygen atoms in total. The third-order valence-corrected chi connectivity index (χ3v) is 2.22. The lowest BCUT2D eigenvalue weighted by molar-refractivity contribution is -0.0754. The minimum atomic E-state index is -0.517. The summed E-state index contributed by atoms with van der Waals surface area (Å²) >= 11 is 5.58. The molecule has 1 atom stereocenters. The average molecular weight is 209 g/mol. The van der Waals surface area contributed by atoms with Gasteiger partial charge in [-0.2, -0.15) is 0 Å². The van der Waals surface area contributed by atoms with E-state index in [-0.39, 0.29) is 16.9 Å². The van der Waals surface area contributed by atoms with Crippen LogP contribution in [0.1, 0.15) is 34.6 Å². The van der Waals surface area contributed by atoms with Crippen LogP contribution >= 0.6 is 11.6 Å². The van der Waals surface area contributed by atoms with Gasteiger partial charge >= 0.3 is 0 Å². The summed E-state index contributed by atoms with van der Waals surface area (Å²) in [5.41, 5.74) is -0.446. The molecule has 0 bridgehead atoms. The molecule has 0 aliphatic rings. The molecule has 0 saturated heterocycles. The van der Waals surface area contributed by atoms with Crippen LogP contribution in [-0.2, 0) is 4.74 Å². The highest BCUT2D eigenvalue weighted by Gasteiger charge is 2.29. The fourth-order valence-electron chi connectivity index (χ4n) is 0.708. The van der Waals surface area contributed by atoms with Gasteiger partial charge in [-0.3, -0.25) is 0 Å². The normalized spacial score (nSPS) is 15.9. The van der Waals surface area contributed by atoms with Gasteiger partial charge in [0.15, 0.2) is 0 Å². The zero-order chi connectivity index (χ0) is 10.7. The lowest BCUT2D eigenvalue weighted by Gasteiger charge is -2.32. The van der Waals surface area contributed by atoms with Crippen LogP contribution in [0.25, 0.3) is 0 Å². The highest BCUT2D eigenvalue weighted by molar-refractivity contribution is 6.18. The summed E-state index contributed by atoms with van der Waals surface area (Å²) in [5, 5.41) is 9.57. The molecule has 0 aromatic carbocycles. The van der Waals surface area contributed by atoms with E-state index < -0.39 is 6.10 Å². The first-order valence-corrected chi connectivity index (χ1v) is 5.10. The van der Waals surface area contributed by atoms with E-state index in [9.17, 15) is 5.11 Å². The van der Waals surface area contributed by atoms with Gasteiger partial charge < -0.3 is 9.84 Å². The van der Waals surface area contributed by atoms with Crippen molar-refractivity contribution in [3.05, 3.63) is 0 Å². The number of ether oxygens (including phenoxy) is 1. The van der Waals surface area contributed by atoms with E-state index >= 15 is 0 Å². The number of hydrogen-bond donors (Lipinski definition) is 1. The van der Waals surface area contributed by atoms with Crippen molar-refractivity contribution in [1.29, 1.82) is 0 Å². The zero-order valence-corrected chi connectivity index (χ0v) is 9.98. The maximum absolute atomic E-state index is 9.57. The Balaban J connectivity index is 4.03. The van der Waals surface area contributed by atoms with Crippen LogP contribution in [0.2, 0.25) is 0 Å². The molecule has 80 valence electrons. The molecular formula is C10H21ClO2. The molecule has 0 unspecified atom stereocenters. The summed E-state index contributed by atoms with van der Waals surface area (Å²) in [6.45, 7) is 10.4. The Bertz CT molecular complexity index is 149. The van der Waals surface area contributed by atoms with Gasteiger partial charge in [-0.15, -0.1) is 11.6 Å². The summed E-state index contributed by atoms with van der Waals surface area (Å²) in [7, 11) is 0. The standard InChI is InChI=1S/C10H21ClO2/c1-9(2,3)13-7-10(4,5)8(12)6-11/h8,12H,6-7H2,1-5H3/t8-/m0/s1. The second-order valence-electron chi connectivity index (χ2n) is 5.06. The molecule has 0 saturated carbocycles. The minimum Gasteiger partial charge on any atom is -0.391 e. The van der Waals surface area contributed by atoms with Gasteiger partial charge in [-0.05, 0) is 20.8 Å². The SMILES string of the molecule is CC(C)(C)OCC(C)(C)[C@@H](O)CCl. The molecule has 3 heteroatoms. The molecule has 1 N–H and O–H groups in total. The Morgan fingerprint density at radius 2 is 1.69 bits per heavy atom. The Kier molecular flexibility index (Phi) is 4.70. The molecule has 0 heterocycles. The van der Waals surface area contributed by atoms with Gasteiger partial charge in [0.25, 0.3) is 0 Å². The Labute approximate surface area is 86.2 Å². The number of hydrogen-bond acceptors (Lipinski definition) is 2. The minimum absolute atomic E-state index is 0.163. The van der Waals surface area contributed by atoms with E-state index in [1.165, 1.54) is 0 Å². The van der Waals surface area contributed by atoms with Gasteiger partial charge in [-0.25, -0.2) is 0 Å². The summed E-state index contributed by atoms with van der Waals surface area (Å²) in [6, 6.07) is 0. The van der Waals surface area contributed by atoms with E-state index in [4.69, 9.17) is 16.3 Å². The predicted octanol–water partition coefficient (Wildman–Crippen LogP) is 2.43. The monoisotopic (exact) mass is 208 g/mol. The molecule has 0 aromatic rings. The van der Waals surface area contributed by atoms with Crippen molar-refractivity contribution in [3.63, 3.8) is 0 Å². The van der Waals surface area contributed by atoms with Crippen molar-refractivity contribution in [2.24, 2.45) is 5.41 Å². The smallest absolute Gasteiger partial charge is 0.0748 e. The van der Waals surface area contributed by atoms with Crippen LogP contribution in [0.15, 0.2) is 0 Å². The van der Waals surface area contributed by atoms with Crippen LogP contribution in [-0.4, -0.2) is 29.3 Å². The molecule has 0 aliphatic heterocycles. The molecule has 0 aliphatic carbocycles. The van der Waals surface area contributed by atoms with Crippen LogP contribution in [0, 0.1) is 5.41 Å².